The van der Waals surface area contributed by atoms with Gasteiger partial charge in [0.05, 0.1) is 5.92 Å². The van der Waals surface area contributed by atoms with E-state index in [1.165, 1.54) is 5.57 Å². The molecule has 1 N–H and O–H groups in total. The van der Waals surface area contributed by atoms with Gasteiger partial charge >= 0.3 is 5.97 Å². The van der Waals surface area contributed by atoms with Gasteiger partial charge in [-0.15, -0.1) is 0 Å². The van der Waals surface area contributed by atoms with Gasteiger partial charge in [-0.05, 0) is 24.2 Å². The lowest BCUT2D eigenvalue weighted by Gasteiger charge is -2.35. The maximum Gasteiger partial charge on any atom is 0.306 e. The predicted octanol–water partition coefficient (Wildman–Crippen LogP) is 3.97. The largest absolute Gasteiger partial charge is 0.481 e. The third kappa shape index (κ3) is 3.66. The number of allylic oxidation sites excluding steroid dienone is 2. The van der Waals surface area contributed by atoms with Crippen LogP contribution in [-0.2, 0) is 4.79 Å². The highest BCUT2D eigenvalue weighted by molar-refractivity contribution is 5.70. The second kappa shape index (κ2) is 5.51. The van der Waals surface area contributed by atoms with E-state index in [0.29, 0.717) is 5.92 Å². The Balaban J connectivity index is 5.29. The second-order valence-corrected chi connectivity index (χ2v) is 5.89. The van der Waals surface area contributed by atoms with Gasteiger partial charge in [0.1, 0.15) is 0 Å². The van der Waals surface area contributed by atoms with Crippen LogP contribution in [0.15, 0.2) is 11.6 Å². The highest BCUT2D eigenvalue weighted by atomic mass is 16.4. The average molecular weight is 226 g/mol. The molecule has 0 aromatic rings. The zero-order chi connectivity index (χ0) is 13.1. The first-order valence-corrected chi connectivity index (χ1v) is 6.02. The average Bonchev–Trinajstić information content (AvgIpc) is 2.09. The third-order valence-corrected chi connectivity index (χ3v) is 3.18. The van der Waals surface area contributed by atoms with E-state index in [0.717, 1.165) is 0 Å². The van der Waals surface area contributed by atoms with E-state index in [4.69, 9.17) is 0 Å². The van der Waals surface area contributed by atoms with Crippen molar-refractivity contribution in [3.63, 3.8) is 0 Å². The van der Waals surface area contributed by atoms with Crippen LogP contribution in [0.1, 0.15) is 48.5 Å². The van der Waals surface area contributed by atoms with E-state index in [1.807, 2.05) is 13.8 Å². The molecule has 0 bridgehead atoms. The molecule has 0 saturated heterocycles. The highest BCUT2D eigenvalue weighted by Crippen LogP contribution is 2.39. The Morgan fingerprint density at radius 3 is 1.81 bits per heavy atom. The van der Waals surface area contributed by atoms with Gasteiger partial charge in [-0.2, -0.15) is 0 Å². The molecule has 0 aliphatic carbocycles. The second-order valence-electron chi connectivity index (χ2n) is 5.89. The SMILES string of the molecule is C/C=C(\C(C(C)C)C(C)C(=O)O)C(C)(C)C. The van der Waals surface area contributed by atoms with Gasteiger partial charge in [0.2, 0.25) is 0 Å². The van der Waals surface area contributed by atoms with Crippen molar-refractivity contribution in [3.8, 4) is 0 Å². The highest BCUT2D eigenvalue weighted by Gasteiger charge is 2.34. The van der Waals surface area contributed by atoms with Crippen LogP contribution in [0.2, 0.25) is 0 Å². The lowest BCUT2D eigenvalue weighted by Crippen LogP contribution is -2.31. The van der Waals surface area contributed by atoms with Crippen LogP contribution < -0.4 is 0 Å². The fraction of sp³-hybridized carbons (Fsp3) is 0.786. The normalized spacial score (nSPS) is 17.4. The molecule has 0 aliphatic heterocycles. The molecule has 0 aliphatic rings. The molecule has 0 radical (unpaired) electrons. The number of carboxylic acid groups (broad SMARTS) is 1. The van der Waals surface area contributed by atoms with Gasteiger partial charge in [0.15, 0.2) is 0 Å². The molecule has 94 valence electrons. The Labute approximate surface area is 99.7 Å². The quantitative estimate of drug-likeness (QED) is 0.736. The summed E-state index contributed by atoms with van der Waals surface area (Å²) in [6, 6.07) is 0. The molecule has 2 atom stereocenters. The van der Waals surface area contributed by atoms with E-state index < -0.39 is 5.97 Å². The van der Waals surface area contributed by atoms with E-state index >= 15 is 0 Å². The fourth-order valence-electron chi connectivity index (χ4n) is 2.48. The summed E-state index contributed by atoms with van der Waals surface area (Å²) in [6.07, 6.45) is 2.09. The summed E-state index contributed by atoms with van der Waals surface area (Å²) in [4.78, 5) is 11.2. The minimum atomic E-state index is -0.706. The van der Waals surface area contributed by atoms with Crippen LogP contribution in [0.4, 0.5) is 0 Å². The molecule has 0 amide bonds. The van der Waals surface area contributed by atoms with Crippen molar-refractivity contribution in [3.05, 3.63) is 11.6 Å². The molecule has 2 nitrogen and oxygen atoms in total. The zero-order valence-corrected chi connectivity index (χ0v) is 11.7. The van der Waals surface area contributed by atoms with Crippen molar-refractivity contribution >= 4 is 5.97 Å². The monoisotopic (exact) mass is 226 g/mol. The smallest absolute Gasteiger partial charge is 0.306 e. The summed E-state index contributed by atoms with van der Waals surface area (Å²) in [5.41, 5.74) is 1.28. The van der Waals surface area contributed by atoms with Crippen LogP contribution >= 0.6 is 0 Å². The van der Waals surface area contributed by atoms with Crippen LogP contribution in [0.5, 0.6) is 0 Å². The number of hydrogen-bond acceptors (Lipinski definition) is 1. The number of aliphatic carboxylic acids is 1. The Morgan fingerprint density at radius 1 is 1.19 bits per heavy atom. The maximum atomic E-state index is 11.2. The Kier molecular flexibility index (Phi) is 5.24. The van der Waals surface area contributed by atoms with Crippen molar-refractivity contribution in [2.24, 2.45) is 23.2 Å². The van der Waals surface area contributed by atoms with Gasteiger partial charge in [-0.3, -0.25) is 4.79 Å². The number of rotatable bonds is 4. The van der Waals surface area contributed by atoms with E-state index in [9.17, 15) is 9.90 Å². The summed E-state index contributed by atoms with van der Waals surface area (Å²) in [5, 5.41) is 9.18. The van der Waals surface area contributed by atoms with Crippen molar-refractivity contribution in [1.82, 2.24) is 0 Å². The lowest BCUT2D eigenvalue weighted by molar-refractivity contribution is -0.143. The summed E-state index contributed by atoms with van der Waals surface area (Å²) < 4.78 is 0. The molecule has 0 heterocycles. The first kappa shape index (κ1) is 15.2. The molecular formula is C14H26O2. The van der Waals surface area contributed by atoms with Gasteiger partial charge in [0.25, 0.3) is 0 Å². The standard InChI is InChI=1S/C14H26O2/c1-8-11(14(5,6)7)12(9(2)3)10(4)13(15)16/h8-10,12H,1-7H3,(H,15,16)/b11-8+. The summed E-state index contributed by atoms with van der Waals surface area (Å²) in [7, 11) is 0. The fourth-order valence-corrected chi connectivity index (χ4v) is 2.48. The molecule has 0 saturated carbocycles. The Morgan fingerprint density at radius 2 is 1.62 bits per heavy atom. The number of hydrogen-bond donors (Lipinski definition) is 1. The molecule has 0 spiro atoms. The molecule has 0 rings (SSSR count). The Hall–Kier alpha value is -0.790. The predicted molar refractivity (Wildman–Crippen MR) is 68.3 cm³/mol. The van der Waals surface area contributed by atoms with Gasteiger partial charge < -0.3 is 5.11 Å². The zero-order valence-electron chi connectivity index (χ0n) is 11.7. The topological polar surface area (TPSA) is 37.3 Å². The summed E-state index contributed by atoms with van der Waals surface area (Å²) >= 11 is 0. The number of carbonyl (C=O) groups is 1. The molecule has 2 heteroatoms. The van der Waals surface area contributed by atoms with E-state index in [-0.39, 0.29) is 17.3 Å². The van der Waals surface area contributed by atoms with Crippen LogP contribution in [0.25, 0.3) is 0 Å². The molecule has 0 fully saturated rings. The van der Waals surface area contributed by atoms with Crippen LogP contribution in [0, 0.1) is 23.2 Å². The van der Waals surface area contributed by atoms with Crippen molar-refractivity contribution < 1.29 is 9.90 Å². The van der Waals surface area contributed by atoms with E-state index in [2.05, 4.69) is 40.7 Å². The molecule has 16 heavy (non-hydrogen) atoms. The van der Waals surface area contributed by atoms with Crippen LogP contribution in [-0.4, -0.2) is 11.1 Å². The minimum absolute atomic E-state index is 0.0351. The number of carboxylic acids is 1. The summed E-state index contributed by atoms with van der Waals surface area (Å²) in [6.45, 7) is 14.4. The molecule has 2 unspecified atom stereocenters. The summed E-state index contributed by atoms with van der Waals surface area (Å²) in [5.74, 6) is -0.577. The van der Waals surface area contributed by atoms with Gasteiger partial charge in [-0.1, -0.05) is 53.2 Å². The first-order valence-electron chi connectivity index (χ1n) is 6.02. The molecular weight excluding hydrogens is 200 g/mol. The maximum absolute atomic E-state index is 11.2. The van der Waals surface area contributed by atoms with Gasteiger partial charge in [0, 0.05) is 0 Å². The van der Waals surface area contributed by atoms with Crippen LogP contribution in [0.3, 0.4) is 0 Å². The van der Waals surface area contributed by atoms with Crippen molar-refractivity contribution in [2.75, 3.05) is 0 Å². The van der Waals surface area contributed by atoms with Crippen molar-refractivity contribution in [2.45, 2.75) is 48.5 Å². The van der Waals surface area contributed by atoms with Gasteiger partial charge in [-0.25, -0.2) is 0 Å². The van der Waals surface area contributed by atoms with E-state index in [1.54, 1.807) is 0 Å². The molecule has 0 aromatic carbocycles. The first-order chi connectivity index (χ1) is 7.12. The van der Waals surface area contributed by atoms with Crippen molar-refractivity contribution in [1.29, 1.82) is 0 Å². The molecule has 0 aromatic heterocycles. The Bertz CT molecular complexity index is 269. The lowest BCUT2D eigenvalue weighted by atomic mass is 9.69. The third-order valence-electron chi connectivity index (χ3n) is 3.18. The minimum Gasteiger partial charge on any atom is -0.481 e.